The maximum absolute atomic E-state index is 13.3. The molecule has 21 heavy (non-hydrogen) atoms. The molecule has 0 aliphatic carbocycles. The first-order chi connectivity index (χ1) is 9.92. The van der Waals surface area contributed by atoms with Gasteiger partial charge in [-0.15, -0.1) is 0 Å². The molecular weight excluding hydrogens is 284 g/mol. The Bertz CT molecular complexity index is 508. The van der Waals surface area contributed by atoms with E-state index in [4.69, 9.17) is 9.84 Å². The van der Waals surface area contributed by atoms with Gasteiger partial charge in [0, 0.05) is 12.1 Å². The number of carboxylic acids is 1. The highest BCUT2D eigenvalue weighted by atomic mass is 19.1. The van der Waals surface area contributed by atoms with Crippen LogP contribution >= 0.6 is 0 Å². The van der Waals surface area contributed by atoms with Crippen LogP contribution in [0.5, 0.6) is 5.75 Å². The summed E-state index contributed by atoms with van der Waals surface area (Å²) in [6.07, 6.45) is 1.04. The van der Waals surface area contributed by atoms with Gasteiger partial charge in [0.25, 0.3) is 5.91 Å². The molecule has 1 aromatic rings. The highest BCUT2D eigenvalue weighted by molar-refractivity contribution is 5.78. The van der Waals surface area contributed by atoms with Gasteiger partial charge in [0.1, 0.15) is 5.82 Å². The fourth-order valence-corrected chi connectivity index (χ4v) is 1.79. The van der Waals surface area contributed by atoms with Crippen molar-refractivity contribution in [1.29, 1.82) is 0 Å². The Morgan fingerprint density at radius 3 is 2.67 bits per heavy atom. The number of ether oxygens (including phenoxy) is 1. The lowest BCUT2D eigenvalue weighted by molar-refractivity contribution is -0.137. The number of hydrogen-bond donors (Lipinski definition) is 2. The summed E-state index contributed by atoms with van der Waals surface area (Å²) < 4.78 is 30.9. The molecule has 0 heterocycles. The number of carbonyl (C=O) groups is 2. The van der Waals surface area contributed by atoms with Crippen LogP contribution in [0.3, 0.4) is 0 Å². The molecule has 0 saturated carbocycles. The van der Waals surface area contributed by atoms with E-state index in [0.29, 0.717) is 18.9 Å². The molecule has 2 N–H and O–H groups in total. The Kier molecular flexibility index (Phi) is 6.58. The van der Waals surface area contributed by atoms with Gasteiger partial charge in [-0.05, 0) is 18.6 Å². The van der Waals surface area contributed by atoms with Crippen LogP contribution < -0.4 is 10.1 Å². The van der Waals surface area contributed by atoms with Gasteiger partial charge in [-0.1, -0.05) is 13.3 Å². The van der Waals surface area contributed by atoms with Crippen LogP contribution in [0.1, 0.15) is 26.2 Å². The van der Waals surface area contributed by atoms with Gasteiger partial charge in [0.15, 0.2) is 18.2 Å². The summed E-state index contributed by atoms with van der Waals surface area (Å²) in [7, 11) is 0. The minimum atomic E-state index is -1.01. The summed E-state index contributed by atoms with van der Waals surface area (Å²) in [5.74, 6) is -3.46. The Morgan fingerprint density at radius 2 is 2.10 bits per heavy atom. The summed E-state index contributed by atoms with van der Waals surface area (Å²) in [6, 6.07) is 2.25. The Morgan fingerprint density at radius 1 is 1.38 bits per heavy atom. The van der Waals surface area contributed by atoms with Crippen LogP contribution in [-0.4, -0.2) is 29.6 Å². The maximum Gasteiger partial charge on any atom is 0.305 e. The first-order valence-corrected chi connectivity index (χ1v) is 6.51. The second-order valence-corrected chi connectivity index (χ2v) is 4.51. The zero-order valence-electron chi connectivity index (χ0n) is 11.6. The molecule has 1 amide bonds. The fourth-order valence-electron chi connectivity index (χ4n) is 1.79. The van der Waals surface area contributed by atoms with Gasteiger partial charge in [-0.2, -0.15) is 0 Å². The highest BCUT2D eigenvalue weighted by Crippen LogP contribution is 2.17. The molecular formula is C14H17F2NO4. The summed E-state index contributed by atoms with van der Waals surface area (Å²) in [4.78, 5) is 22.3. The summed E-state index contributed by atoms with van der Waals surface area (Å²) >= 11 is 0. The number of hydrogen-bond acceptors (Lipinski definition) is 3. The Balaban J connectivity index is 2.50. The molecule has 5 nitrogen and oxygen atoms in total. The highest BCUT2D eigenvalue weighted by Gasteiger charge is 2.16. The van der Waals surface area contributed by atoms with Gasteiger partial charge in [-0.25, -0.2) is 8.78 Å². The molecule has 0 spiro atoms. The Labute approximate surface area is 120 Å². The topological polar surface area (TPSA) is 75.6 Å². The second kappa shape index (κ2) is 8.18. The molecule has 7 heteroatoms. The smallest absolute Gasteiger partial charge is 0.305 e. The summed E-state index contributed by atoms with van der Waals surface area (Å²) in [6.45, 7) is 1.40. The fraction of sp³-hybridized carbons (Fsp3) is 0.429. The van der Waals surface area contributed by atoms with Crippen LogP contribution in [0, 0.1) is 11.6 Å². The van der Waals surface area contributed by atoms with Crippen molar-refractivity contribution in [2.24, 2.45) is 0 Å². The second-order valence-electron chi connectivity index (χ2n) is 4.51. The van der Waals surface area contributed by atoms with Crippen molar-refractivity contribution in [3.05, 3.63) is 29.8 Å². The van der Waals surface area contributed by atoms with Gasteiger partial charge in [0.05, 0.1) is 6.42 Å². The molecule has 0 aromatic heterocycles. The van der Waals surface area contributed by atoms with Crippen LogP contribution in [-0.2, 0) is 9.59 Å². The van der Waals surface area contributed by atoms with Gasteiger partial charge < -0.3 is 15.2 Å². The number of amides is 1. The first-order valence-electron chi connectivity index (χ1n) is 6.51. The minimum Gasteiger partial charge on any atom is -0.481 e. The lowest BCUT2D eigenvalue weighted by Crippen LogP contribution is -2.39. The molecule has 0 saturated heterocycles. The Hall–Kier alpha value is -2.18. The van der Waals surface area contributed by atoms with Crippen molar-refractivity contribution >= 4 is 11.9 Å². The number of carboxylic acid groups (broad SMARTS) is 1. The van der Waals surface area contributed by atoms with E-state index in [1.807, 2.05) is 6.92 Å². The third-order valence-corrected chi connectivity index (χ3v) is 2.68. The molecule has 0 aliphatic rings. The number of halogens is 2. The predicted molar refractivity (Wildman–Crippen MR) is 70.9 cm³/mol. The van der Waals surface area contributed by atoms with Crippen molar-refractivity contribution in [2.75, 3.05) is 6.61 Å². The predicted octanol–water partition coefficient (Wildman–Crippen LogP) is 2.10. The molecule has 0 bridgehead atoms. The number of benzene rings is 1. The SMILES string of the molecule is CCC[C@H](CC(=O)O)NC(=O)COc1ccc(F)cc1F. The third-order valence-electron chi connectivity index (χ3n) is 2.68. The zero-order valence-corrected chi connectivity index (χ0v) is 11.6. The zero-order chi connectivity index (χ0) is 15.8. The number of aliphatic carboxylic acids is 1. The number of rotatable bonds is 8. The average Bonchev–Trinajstić information content (AvgIpc) is 2.37. The monoisotopic (exact) mass is 301 g/mol. The van der Waals surface area contributed by atoms with Crippen molar-refractivity contribution in [3.63, 3.8) is 0 Å². The van der Waals surface area contributed by atoms with Crippen LogP contribution in [0.4, 0.5) is 8.78 Å². The van der Waals surface area contributed by atoms with Gasteiger partial charge >= 0.3 is 5.97 Å². The molecule has 1 aromatic carbocycles. The van der Waals surface area contributed by atoms with Gasteiger partial charge in [0.2, 0.25) is 0 Å². The number of nitrogens with one attached hydrogen (secondary N) is 1. The first kappa shape index (κ1) is 16.9. The van der Waals surface area contributed by atoms with Crippen LogP contribution in [0.15, 0.2) is 18.2 Å². The quantitative estimate of drug-likeness (QED) is 0.771. The summed E-state index contributed by atoms with van der Waals surface area (Å²) in [5.41, 5.74) is 0. The van der Waals surface area contributed by atoms with Crippen molar-refractivity contribution in [2.45, 2.75) is 32.2 Å². The molecule has 0 radical (unpaired) electrons. The molecule has 0 fully saturated rings. The molecule has 1 rings (SSSR count). The summed E-state index contributed by atoms with van der Waals surface area (Å²) in [5, 5.41) is 11.2. The van der Waals surface area contributed by atoms with E-state index in [1.165, 1.54) is 0 Å². The lowest BCUT2D eigenvalue weighted by atomic mass is 10.1. The van der Waals surface area contributed by atoms with Crippen LogP contribution in [0.25, 0.3) is 0 Å². The maximum atomic E-state index is 13.3. The van der Waals surface area contributed by atoms with E-state index in [-0.39, 0.29) is 12.2 Å². The van der Waals surface area contributed by atoms with E-state index >= 15 is 0 Å². The molecule has 116 valence electrons. The van der Waals surface area contributed by atoms with E-state index in [2.05, 4.69) is 5.32 Å². The molecule has 0 unspecified atom stereocenters. The van der Waals surface area contributed by atoms with Crippen molar-refractivity contribution in [3.8, 4) is 5.75 Å². The lowest BCUT2D eigenvalue weighted by Gasteiger charge is -2.16. The molecule has 1 atom stereocenters. The molecule has 0 aliphatic heterocycles. The third kappa shape index (κ3) is 6.20. The van der Waals surface area contributed by atoms with Crippen LogP contribution in [0.2, 0.25) is 0 Å². The van der Waals surface area contributed by atoms with E-state index in [0.717, 1.165) is 12.1 Å². The van der Waals surface area contributed by atoms with Crippen molar-refractivity contribution in [1.82, 2.24) is 5.32 Å². The van der Waals surface area contributed by atoms with E-state index < -0.39 is 36.2 Å². The van der Waals surface area contributed by atoms with E-state index in [9.17, 15) is 18.4 Å². The number of carbonyl (C=O) groups excluding carboxylic acids is 1. The largest absolute Gasteiger partial charge is 0.481 e. The van der Waals surface area contributed by atoms with Crippen molar-refractivity contribution < 1.29 is 28.2 Å². The van der Waals surface area contributed by atoms with Gasteiger partial charge in [-0.3, -0.25) is 9.59 Å². The van der Waals surface area contributed by atoms with E-state index in [1.54, 1.807) is 0 Å². The minimum absolute atomic E-state index is 0.190. The normalized spacial score (nSPS) is 11.8. The standard InChI is InChI=1S/C14H17F2NO4/c1-2-3-10(7-14(19)20)17-13(18)8-21-12-5-4-9(15)6-11(12)16/h4-6,10H,2-3,7-8H2,1H3,(H,17,18)(H,19,20)/t10-/m1/s1. The average molecular weight is 301 g/mol.